The molecule has 3 aromatic rings. The van der Waals surface area contributed by atoms with Gasteiger partial charge in [0.1, 0.15) is 12.4 Å². The third kappa shape index (κ3) is 8.83. The van der Waals surface area contributed by atoms with E-state index in [1.165, 1.54) is 29.5 Å². The van der Waals surface area contributed by atoms with E-state index in [9.17, 15) is 21.6 Å². The Kier molecular flexibility index (Phi) is 10.8. The summed E-state index contributed by atoms with van der Waals surface area (Å²) in [4.78, 5) is 2.93. The van der Waals surface area contributed by atoms with Gasteiger partial charge >= 0.3 is 6.18 Å². The van der Waals surface area contributed by atoms with Crippen molar-refractivity contribution in [3.63, 3.8) is 0 Å². The van der Waals surface area contributed by atoms with E-state index in [4.69, 9.17) is 14.6 Å². The van der Waals surface area contributed by atoms with Crippen molar-refractivity contribution >= 4 is 42.6 Å². The van der Waals surface area contributed by atoms with Gasteiger partial charge in [0, 0.05) is 37.5 Å². The number of nitrogens with zero attached hydrogens (tertiary/aromatic N) is 1. The minimum atomic E-state index is -4.40. The monoisotopic (exact) mass is 665 g/mol. The van der Waals surface area contributed by atoms with E-state index in [0.717, 1.165) is 68.6 Å². The van der Waals surface area contributed by atoms with Crippen molar-refractivity contribution in [3.05, 3.63) is 46.8 Å². The molecule has 2 aliphatic rings. The molecular weight excluding hydrogens is 627 g/mol. The largest absolute Gasteiger partial charge is 0.489 e. The lowest BCUT2D eigenvalue weighted by Crippen LogP contribution is -2.46. The third-order valence-electron chi connectivity index (χ3n) is 8.11. The molecule has 1 saturated heterocycles. The average molecular weight is 666 g/mol. The van der Waals surface area contributed by atoms with E-state index in [2.05, 4.69) is 27.4 Å². The van der Waals surface area contributed by atoms with Crippen molar-refractivity contribution in [2.45, 2.75) is 55.3 Å². The van der Waals surface area contributed by atoms with Gasteiger partial charge in [-0.1, -0.05) is 24.0 Å². The van der Waals surface area contributed by atoms with Crippen LogP contribution < -0.4 is 15.4 Å². The number of halogens is 3. The number of morpholine rings is 1. The minimum Gasteiger partial charge on any atom is -0.489 e. The van der Waals surface area contributed by atoms with Gasteiger partial charge in [-0.3, -0.25) is 4.90 Å². The lowest BCUT2D eigenvalue weighted by atomic mass is 9.89. The smallest absolute Gasteiger partial charge is 0.393 e. The van der Waals surface area contributed by atoms with Crippen LogP contribution in [0.25, 0.3) is 10.1 Å². The van der Waals surface area contributed by atoms with Crippen LogP contribution in [0.1, 0.15) is 36.1 Å². The summed E-state index contributed by atoms with van der Waals surface area (Å²) < 4.78 is 76.8. The summed E-state index contributed by atoms with van der Waals surface area (Å²) in [5.41, 5.74) is 1.45. The highest BCUT2D eigenvalue weighted by Gasteiger charge is 2.32. The molecule has 2 fully saturated rings. The van der Waals surface area contributed by atoms with Crippen LogP contribution in [-0.4, -0.2) is 89.0 Å². The third-order valence-corrected chi connectivity index (χ3v) is 10.4. The Labute approximate surface area is 265 Å². The molecule has 0 spiro atoms. The highest BCUT2D eigenvalue weighted by atomic mass is 32.2. The number of alkyl halides is 3. The van der Waals surface area contributed by atoms with Gasteiger partial charge in [-0.25, -0.2) is 8.42 Å². The topological polar surface area (TPSA) is 100 Å². The molecule has 13 heteroatoms. The van der Waals surface area contributed by atoms with Gasteiger partial charge in [-0.15, -0.1) is 11.3 Å². The summed E-state index contributed by atoms with van der Waals surface area (Å²) in [5, 5.41) is 16.4. The van der Waals surface area contributed by atoms with E-state index in [1.807, 2.05) is 6.07 Å². The number of rotatable bonds is 10. The van der Waals surface area contributed by atoms with E-state index >= 15 is 0 Å². The number of fused-ring (bicyclic) bond motifs is 1. The van der Waals surface area contributed by atoms with Crippen LogP contribution in [0.3, 0.4) is 0 Å². The number of nitrogens with one attached hydrogen (secondary N) is 2. The summed E-state index contributed by atoms with van der Waals surface area (Å²) in [7, 11) is -3.48. The van der Waals surface area contributed by atoms with Gasteiger partial charge in [0.15, 0.2) is 9.84 Å². The van der Waals surface area contributed by atoms with Gasteiger partial charge in [0.05, 0.1) is 58.6 Å². The summed E-state index contributed by atoms with van der Waals surface area (Å²) in [5.74, 6) is 6.10. The van der Waals surface area contributed by atoms with E-state index in [1.54, 1.807) is 12.1 Å². The molecule has 8 nitrogen and oxygen atoms in total. The first-order chi connectivity index (χ1) is 21.5. The zero-order chi connectivity index (χ0) is 32.0. The van der Waals surface area contributed by atoms with Crippen molar-refractivity contribution < 1.29 is 36.2 Å². The Morgan fingerprint density at radius 1 is 1.11 bits per heavy atom. The first kappa shape index (κ1) is 33.3. The lowest BCUT2D eigenvalue weighted by molar-refractivity contribution is -0.126. The predicted octanol–water partition coefficient (Wildman–Crippen LogP) is 5.30. The number of hydrogen-bond acceptors (Lipinski definition) is 9. The number of aliphatic hydroxyl groups excluding tert-OH is 1. The highest BCUT2D eigenvalue weighted by molar-refractivity contribution is 7.90. The fraction of sp³-hybridized carbons (Fsp3) is 0.500. The Bertz CT molecular complexity index is 1640. The van der Waals surface area contributed by atoms with Crippen LogP contribution in [0.15, 0.2) is 41.3 Å². The fourth-order valence-electron chi connectivity index (χ4n) is 5.93. The molecule has 2 aromatic carbocycles. The summed E-state index contributed by atoms with van der Waals surface area (Å²) in [6.45, 7) is 3.26. The molecule has 2 heterocycles. The second-order valence-corrected chi connectivity index (χ2v) is 14.4. The molecular formula is C32H38F3N3O5S2. The molecule has 0 unspecified atom stereocenters. The molecule has 45 heavy (non-hydrogen) atoms. The maximum absolute atomic E-state index is 13.7. The second-order valence-electron chi connectivity index (χ2n) is 11.3. The number of hydrogen-bond donors (Lipinski definition) is 3. The zero-order valence-electron chi connectivity index (χ0n) is 25.1. The van der Waals surface area contributed by atoms with Gasteiger partial charge < -0.3 is 25.2 Å². The van der Waals surface area contributed by atoms with Crippen LogP contribution in [0.2, 0.25) is 0 Å². The average Bonchev–Trinajstić information content (AvgIpc) is 3.35. The summed E-state index contributed by atoms with van der Waals surface area (Å²) in [6.07, 6.45) is -0.261. The van der Waals surface area contributed by atoms with Crippen molar-refractivity contribution in [2.75, 3.05) is 63.0 Å². The van der Waals surface area contributed by atoms with Crippen LogP contribution in [0.4, 0.5) is 24.5 Å². The van der Waals surface area contributed by atoms with Gasteiger partial charge in [-0.05, 0) is 54.8 Å². The molecule has 0 radical (unpaired) electrons. The van der Waals surface area contributed by atoms with Crippen LogP contribution in [0, 0.1) is 11.8 Å². The molecule has 1 saturated carbocycles. The predicted molar refractivity (Wildman–Crippen MR) is 171 cm³/mol. The van der Waals surface area contributed by atoms with Gasteiger partial charge in [-0.2, -0.15) is 13.2 Å². The molecule has 1 aromatic heterocycles. The quantitative estimate of drug-likeness (QED) is 0.251. The maximum Gasteiger partial charge on any atom is 0.393 e. The summed E-state index contributed by atoms with van der Waals surface area (Å²) in [6, 6.07) is 10.6. The number of thiophene rings is 1. The molecule has 244 valence electrons. The van der Waals surface area contributed by atoms with E-state index < -0.39 is 22.4 Å². The molecule has 0 atom stereocenters. The lowest BCUT2D eigenvalue weighted by Gasteiger charge is -2.39. The minimum absolute atomic E-state index is 0.0398. The zero-order valence-corrected chi connectivity index (χ0v) is 26.7. The summed E-state index contributed by atoms with van der Waals surface area (Å²) >= 11 is 1.26. The number of aliphatic hydroxyl groups is 1. The molecule has 3 N–H and O–H groups in total. The Hall–Kier alpha value is -3.02. The van der Waals surface area contributed by atoms with E-state index in [0.29, 0.717) is 22.0 Å². The SMILES string of the molecule is CS(=O)(=O)c1ccc(NCC#Cc2sc3c(NC4CCC(N5CCOCC5)CC4)cccc3c2CC(F)(F)F)c(OCCO)c1. The molecule has 1 aliphatic heterocycles. The van der Waals surface area contributed by atoms with Crippen molar-refractivity contribution in [1.82, 2.24) is 4.90 Å². The van der Waals surface area contributed by atoms with Crippen LogP contribution >= 0.6 is 11.3 Å². The van der Waals surface area contributed by atoms with Crippen molar-refractivity contribution in [2.24, 2.45) is 0 Å². The number of benzene rings is 2. The first-order valence-corrected chi connectivity index (χ1v) is 17.7. The number of sulfone groups is 1. The maximum atomic E-state index is 13.7. The normalized spacial score (nSPS) is 19.6. The van der Waals surface area contributed by atoms with Crippen molar-refractivity contribution in [3.8, 4) is 17.6 Å². The van der Waals surface area contributed by atoms with E-state index in [-0.39, 0.29) is 42.0 Å². The molecule has 1 aliphatic carbocycles. The second kappa shape index (κ2) is 14.6. The Morgan fingerprint density at radius 2 is 1.87 bits per heavy atom. The van der Waals surface area contributed by atoms with Gasteiger partial charge in [0.2, 0.25) is 0 Å². The Morgan fingerprint density at radius 3 is 2.56 bits per heavy atom. The molecule has 0 amide bonds. The number of anilines is 2. The van der Waals surface area contributed by atoms with Gasteiger partial charge in [0.25, 0.3) is 0 Å². The van der Waals surface area contributed by atoms with Crippen molar-refractivity contribution in [1.29, 1.82) is 0 Å². The fourth-order valence-corrected chi connectivity index (χ4v) is 7.73. The Balaban J connectivity index is 1.33. The van der Waals surface area contributed by atoms with Crippen LogP contribution in [-0.2, 0) is 21.0 Å². The molecule has 5 rings (SSSR count). The number of ether oxygens (including phenoxy) is 2. The first-order valence-electron chi connectivity index (χ1n) is 15.0. The highest BCUT2D eigenvalue weighted by Crippen LogP contribution is 2.40. The standard InChI is InChI=1S/C32H38F3N3O5S2/c1-45(40,41)24-11-12-27(29(20-24)43-19-16-39)36-13-3-6-30-26(21-32(33,34)35)25-4-2-5-28(31(25)44-30)37-22-7-9-23(10-8-22)38-14-17-42-18-15-38/h2,4-5,11-12,20,22-23,36-37,39H,7-10,13-19,21H2,1H3. The van der Waals surface area contributed by atoms with Crippen LogP contribution in [0.5, 0.6) is 5.75 Å². The molecule has 0 bridgehead atoms.